The average molecular weight is 377 g/mol. The molecule has 6 nitrogen and oxygen atoms in total. The van der Waals surface area contributed by atoms with Gasteiger partial charge in [0.15, 0.2) is 18.1 Å². The van der Waals surface area contributed by atoms with Crippen molar-refractivity contribution in [3.05, 3.63) is 60.6 Å². The van der Waals surface area contributed by atoms with Crippen molar-refractivity contribution in [3.63, 3.8) is 0 Å². The molecule has 1 amide bonds. The van der Waals surface area contributed by atoms with Crippen molar-refractivity contribution in [3.8, 4) is 22.8 Å². The Morgan fingerprint density at radius 2 is 1.89 bits per heavy atom. The number of imidazole rings is 1. The molecule has 0 saturated carbocycles. The van der Waals surface area contributed by atoms with Crippen molar-refractivity contribution in [1.82, 2.24) is 9.55 Å². The third-order valence-electron chi connectivity index (χ3n) is 4.81. The van der Waals surface area contributed by atoms with Crippen molar-refractivity contribution in [1.29, 1.82) is 0 Å². The molecule has 0 unspecified atom stereocenters. The number of hydrogen-bond donors (Lipinski definition) is 1. The molecule has 28 heavy (non-hydrogen) atoms. The summed E-state index contributed by atoms with van der Waals surface area (Å²) in [6.07, 6.45) is 5.43. The maximum absolute atomic E-state index is 12.5. The quantitative estimate of drug-likeness (QED) is 0.707. The fourth-order valence-electron chi connectivity index (χ4n) is 3.43. The third kappa shape index (κ3) is 3.86. The number of ether oxygens (including phenoxy) is 2. The SMILES string of the molecule is COc1ccccc1OCC(=O)Nc1ccccc1-c1cn2c(n1)CCCC2. The summed E-state index contributed by atoms with van der Waals surface area (Å²) in [6, 6.07) is 15.0. The first-order chi connectivity index (χ1) is 13.7. The van der Waals surface area contributed by atoms with Crippen molar-refractivity contribution in [2.24, 2.45) is 0 Å². The summed E-state index contributed by atoms with van der Waals surface area (Å²) in [5.74, 6) is 2.01. The first-order valence-electron chi connectivity index (χ1n) is 9.46. The number of rotatable bonds is 6. The van der Waals surface area contributed by atoms with Gasteiger partial charge in [-0.2, -0.15) is 0 Å². The van der Waals surface area contributed by atoms with Gasteiger partial charge >= 0.3 is 0 Å². The smallest absolute Gasteiger partial charge is 0.262 e. The zero-order valence-corrected chi connectivity index (χ0v) is 15.9. The van der Waals surface area contributed by atoms with Crippen LogP contribution in [0.15, 0.2) is 54.7 Å². The molecule has 1 aliphatic rings. The topological polar surface area (TPSA) is 65.4 Å². The highest BCUT2D eigenvalue weighted by Crippen LogP contribution is 2.29. The normalized spacial score (nSPS) is 12.9. The second kappa shape index (κ2) is 8.17. The number of nitrogens with one attached hydrogen (secondary N) is 1. The Morgan fingerprint density at radius 3 is 2.71 bits per heavy atom. The number of anilines is 1. The molecule has 0 atom stereocenters. The molecule has 1 aliphatic heterocycles. The number of carbonyl (C=O) groups is 1. The second-order valence-electron chi connectivity index (χ2n) is 6.73. The number of aromatic nitrogens is 2. The van der Waals surface area contributed by atoms with Crippen LogP contribution < -0.4 is 14.8 Å². The molecule has 0 spiro atoms. The molecule has 4 rings (SSSR count). The molecule has 2 heterocycles. The van der Waals surface area contributed by atoms with E-state index in [0.29, 0.717) is 11.5 Å². The Labute approximate surface area is 164 Å². The van der Waals surface area contributed by atoms with E-state index in [4.69, 9.17) is 14.5 Å². The maximum atomic E-state index is 12.5. The van der Waals surface area contributed by atoms with E-state index in [-0.39, 0.29) is 12.5 Å². The highest BCUT2D eigenvalue weighted by atomic mass is 16.5. The van der Waals surface area contributed by atoms with E-state index in [1.54, 1.807) is 19.2 Å². The number of para-hydroxylation sites is 3. The van der Waals surface area contributed by atoms with E-state index in [2.05, 4.69) is 16.1 Å². The van der Waals surface area contributed by atoms with Crippen molar-refractivity contribution in [2.75, 3.05) is 19.0 Å². The largest absolute Gasteiger partial charge is 0.493 e. The molecule has 0 fully saturated rings. The van der Waals surface area contributed by atoms with Crippen LogP contribution in [-0.4, -0.2) is 29.2 Å². The van der Waals surface area contributed by atoms with Crippen molar-refractivity contribution < 1.29 is 14.3 Å². The van der Waals surface area contributed by atoms with E-state index in [1.807, 2.05) is 36.4 Å². The summed E-state index contributed by atoms with van der Waals surface area (Å²) in [4.78, 5) is 17.2. The van der Waals surface area contributed by atoms with Gasteiger partial charge in [0.05, 0.1) is 18.5 Å². The van der Waals surface area contributed by atoms with Gasteiger partial charge < -0.3 is 19.4 Å². The van der Waals surface area contributed by atoms with Gasteiger partial charge in [-0.1, -0.05) is 30.3 Å². The molecule has 1 N–H and O–H groups in total. The molecule has 2 aromatic carbocycles. The fraction of sp³-hybridized carbons (Fsp3) is 0.273. The van der Waals surface area contributed by atoms with Crippen LogP contribution in [0.2, 0.25) is 0 Å². The van der Waals surface area contributed by atoms with E-state index in [1.165, 1.54) is 12.8 Å². The summed E-state index contributed by atoms with van der Waals surface area (Å²) >= 11 is 0. The van der Waals surface area contributed by atoms with Crippen LogP contribution in [0.4, 0.5) is 5.69 Å². The van der Waals surface area contributed by atoms with Crippen LogP contribution in [0, 0.1) is 0 Å². The number of carbonyl (C=O) groups excluding carboxylic acids is 1. The molecule has 3 aromatic rings. The lowest BCUT2D eigenvalue weighted by molar-refractivity contribution is -0.118. The fourth-order valence-corrected chi connectivity index (χ4v) is 3.43. The summed E-state index contributed by atoms with van der Waals surface area (Å²) in [5.41, 5.74) is 2.53. The highest BCUT2D eigenvalue weighted by molar-refractivity contribution is 5.96. The lowest BCUT2D eigenvalue weighted by Gasteiger charge is -2.12. The Balaban J connectivity index is 1.48. The number of nitrogens with zero attached hydrogens (tertiary/aromatic N) is 2. The monoisotopic (exact) mass is 377 g/mol. The van der Waals surface area contributed by atoms with Crippen LogP contribution in [0.1, 0.15) is 18.7 Å². The van der Waals surface area contributed by atoms with Crippen LogP contribution in [0.5, 0.6) is 11.5 Å². The highest BCUT2D eigenvalue weighted by Gasteiger charge is 2.16. The Morgan fingerprint density at radius 1 is 1.11 bits per heavy atom. The van der Waals surface area contributed by atoms with Gasteiger partial charge in [0.1, 0.15) is 5.82 Å². The minimum Gasteiger partial charge on any atom is -0.493 e. The number of methoxy groups -OCH3 is 1. The zero-order chi connectivity index (χ0) is 19.3. The van der Waals surface area contributed by atoms with Gasteiger partial charge in [-0.3, -0.25) is 4.79 Å². The van der Waals surface area contributed by atoms with E-state index in [0.717, 1.165) is 35.7 Å². The van der Waals surface area contributed by atoms with Gasteiger partial charge in [0, 0.05) is 24.7 Å². The number of benzene rings is 2. The minimum atomic E-state index is -0.234. The van der Waals surface area contributed by atoms with Crippen molar-refractivity contribution >= 4 is 11.6 Å². The van der Waals surface area contributed by atoms with Crippen LogP contribution >= 0.6 is 0 Å². The standard InChI is InChI=1S/C22H23N3O3/c1-27-19-10-4-5-11-20(19)28-15-22(26)24-17-9-3-2-8-16(17)18-14-25-13-7-6-12-21(25)23-18/h2-5,8-11,14H,6-7,12-13,15H2,1H3,(H,24,26). The molecule has 0 bridgehead atoms. The molecule has 0 radical (unpaired) electrons. The third-order valence-corrected chi connectivity index (χ3v) is 4.81. The molecule has 1 aromatic heterocycles. The van der Waals surface area contributed by atoms with E-state index < -0.39 is 0 Å². The van der Waals surface area contributed by atoms with Gasteiger partial charge in [0.25, 0.3) is 5.91 Å². The molecular formula is C22H23N3O3. The molecule has 0 aliphatic carbocycles. The maximum Gasteiger partial charge on any atom is 0.262 e. The van der Waals surface area contributed by atoms with Gasteiger partial charge in [-0.15, -0.1) is 0 Å². The summed E-state index contributed by atoms with van der Waals surface area (Å²) < 4.78 is 13.1. The van der Waals surface area contributed by atoms with Gasteiger partial charge in [0.2, 0.25) is 0 Å². The first kappa shape index (κ1) is 18.1. The number of aryl methyl sites for hydroxylation is 2. The number of amides is 1. The number of fused-ring (bicyclic) bond motifs is 1. The molecule has 144 valence electrons. The second-order valence-corrected chi connectivity index (χ2v) is 6.73. The minimum absolute atomic E-state index is 0.103. The van der Waals surface area contributed by atoms with Gasteiger partial charge in [-0.25, -0.2) is 4.98 Å². The molecular weight excluding hydrogens is 354 g/mol. The van der Waals surface area contributed by atoms with Gasteiger partial charge in [-0.05, 0) is 31.0 Å². The summed E-state index contributed by atoms with van der Waals surface area (Å²) in [6.45, 7) is 0.901. The Kier molecular flexibility index (Phi) is 5.28. The van der Waals surface area contributed by atoms with E-state index in [9.17, 15) is 4.79 Å². The van der Waals surface area contributed by atoms with Crippen LogP contribution in [-0.2, 0) is 17.8 Å². The Hall–Kier alpha value is -3.28. The van der Waals surface area contributed by atoms with Crippen LogP contribution in [0.3, 0.4) is 0 Å². The Bertz CT molecular complexity index is 957. The van der Waals surface area contributed by atoms with Crippen LogP contribution in [0.25, 0.3) is 11.3 Å². The first-order valence-corrected chi connectivity index (χ1v) is 9.46. The van der Waals surface area contributed by atoms with Crippen molar-refractivity contribution in [2.45, 2.75) is 25.8 Å². The predicted molar refractivity (Wildman–Crippen MR) is 108 cm³/mol. The number of hydrogen-bond acceptors (Lipinski definition) is 4. The summed E-state index contributed by atoms with van der Waals surface area (Å²) in [5, 5.41) is 2.94. The summed E-state index contributed by atoms with van der Waals surface area (Å²) in [7, 11) is 1.57. The lowest BCUT2D eigenvalue weighted by Crippen LogP contribution is -2.20. The predicted octanol–water partition coefficient (Wildman–Crippen LogP) is 3.91. The zero-order valence-electron chi connectivity index (χ0n) is 15.9. The van der Waals surface area contributed by atoms with E-state index >= 15 is 0 Å². The lowest BCUT2D eigenvalue weighted by atomic mass is 10.1. The average Bonchev–Trinajstić information content (AvgIpc) is 3.17. The molecule has 0 saturated heterocycles. The molecule has 6 heteroatoms.